The van der Waals surface area contributed by atoms with Gasteiger partial charge in [0, 0.05) is 12.6 Å². The van der Waals surface area contributed by atoms with Crippen LogP contribution in [0.15, 0.2) is 77.7 Å². The molecule has 1 N–H and O–H groups in total. The standard InChI is InChI=1S/C33H40FN3O5S/c1-4-31(33(39)35-27-8-6-5-7-9-27)36(22-25-12-14-26(34)15-13-25)32(38)23-37(28-16-10-24(2)11-17-28)43(40,41)30-20-18-29(42-3)19-21-30/h10-21,27,31H,4-9,22-23H2,1-3H3,(H,35,39)/t31-/m1/s1. The summed E-state index contributed by atoms with van der Waals surface area (Å²) in [4.78, 5) is 29.2. The molecule has 8 nitrogen and oxygen atoms in total. The van der Waals surface area contributed by atoms with Crippen molar-refractivity contribution in [1.82, 2.24) is 10.2 Å². The van der Waals surface area contributed by atoms with Gasteiger partial charge in [0.15, 0.2) is 0 Å². The van der Waals surface area contributed by atoms with Gasteiger partial charge < -0.3 is 15.0 Å². The van der Waals surface area contributed by atoms with E-state index in [0.717, 1.165) is 42.0 Å². The zero-order valence-electron chi connectivity index (χ0n) is 25.0. The van der Waals surface area contributed by atoms with Crippen LogP contribution in [0.3, 0.4) is 0 Å². The van der Waals surface area contributed by atoms with Gasteiger partial charge in [0.1, 0.15) is 24.2 Å². The largest absolute Gasteiger partial charge is 0.497 e. The summed E-state index contributed by atoms with van der Waals surface area (Å²) >= 11 is 0. The molecule has 1 atom stereocenters. The Morgan fingerprint density at radius 2 is 1.58 bits per heavy atom. The summed E-state index contributed by atoms with van der Waals surface area (Å²) in [7, 11) is -2.70. The smallest absolute Gasteiger partial charge is 0.264 e. The number of nitrogens with zero attached hydrogens (tertiary/aromatic N) is 2. The second-order valence-corrected chi connectivity index (χ2v) is 12.8. The van der Waals surface area contributed by atoms with Crippen LogP contribution in [-0.4, -0.2) is 50.9 Å². The van der Waals surface area contributed by atoms with E-state index in [-0.39, 0.29) is 23.4 Å². The minimum absolute atomic E-state index is 0.00570. The van der Waals surface area contributed by atoms with Crippen LogP contribution in [0.5, 0.6) is 5.75 Å². The van der Waals surface area contributed by atoms with Crippen molar-refractivity contribution in [1.29, 1.82) is 0 Å². The molecule has 0 radical (unpaired) electrons. The molecule has 4 rings (SSSR count). The topological polar surface area (TPSA) is 96.0 Å². The first-order valence-corrected chi connectivity index (χ1v) is 16.1. The molecule has 1 aliphatic carbocycles. The van der Waals surface area contributed by atoms with Crippen molar-refractivity contribution in [2.24, 2.45) is 0 Å². The van der Waals surface area contributed by atoms with Gasteiger partial charge in [-0.15, -0.1) is 0 Å². The Balaban J connectivity index is 1.69. The van der Waals surface area contributed by atoms with Crippen molar-refractivity contribution in [3.63, 3.8) is 0 Å². The van der Waals surface area contributed by atoms with E-state index in [1.165, 1.54) is 36.3 Å². The number of halogens is 1. The third kappa shape index (κ3) is 8.13. The predicted molar refractivity (Wildman–Crippen MR) is 165 cm³/mol. The van der Waals surface area contributed by atoms with E-state index in [4.69, 9.17) is 4.74 Å². The number of carbonyl (C=O) groups is 2. The molecule has 1 saturated carbocycles. The fourth-order valence-corrected chi connectivity index (χ4v) is 6.78. The molecule has 2 amide bonds. The number of rotatable bonds is 12. The molecule has 1 aliphatic rings. The van der Waals surface area contributed by atoms with Gasteiger partial charge >= 0.3 is 0 Å². The first-order valence-electron chi connectivity index (χ1n) is 14.7. The second-order valence-electron chi connectivity index (χ2n) is 10.9. The van der Waals surface area contributed by atoms with E-state index in [0.29, 0.717) is 23.4 Å². The van der Waals surface area contributed by atoms with Crippen molar-refractivity contribution >= 4 is 27.5 Å². The summed E-state index contributed by atoms with van der Waals surface area (Å²) in [6.45, 7) is 3.19. The summed E-state index contributed by atoms with van der Waals surface area (Å²) < 4.78 is 48.0. The maximum Gasteiger partial charge on any atom is 0.264 e. The maximum atomic E-state index is 14.2. The third-order valence-corrected chi connectivity index (χ3v) is 9.64. The molecule has 0 heterocycles. The Morgan fingerprint density at radius 1 is 0.953 bits per heavy atom. The SMILES string of the molecule is CC[C@H](C(=O)NC1CCCCC1)N(Cc1ccc(F)cc1)C(=O)CN(c1ccc(C)cc1)S(=O)(=O)c1ccc(OC)cc1. The Kier molecular flexibility index (Phi) is 10.8. The number of carbonyl (C=O) groups excluding carboxylic acids is 2. The normalized spacial score (nSPS) is 14.5. The van der Waals surface area contributed by atoms with Gasteiger partial charge in [-0.05, 0) is 80.3 Å². The minimum atomic E-state index is -4.19. The van der Waals surface area contributed by atoms with Crippen LogP contribution < -0.4 is 14.4 Å². The number of amides is 2. The van der Waals surface area contributed by atoms with Gasteiger partial charge in [0.05, 0.1) is 17.7 Å². The lowest BCUT2D eigenvalue weighted by Crippen LogP contribution is -2.54. The van der Waals surface area contributed by atoms with Crippen molar-refractivity contribution in [3.05, 3.63) is 89.7 Å². The fraction of sp³-hybridized carbons (Fsp3) is 0.394. The highest BCUT2D eigenvalue weighted by atomic mass is 32.2. The Hall–Kier alpha value is -3.92. The van der Waals surface area contributed by atoms with Crippen molar-refractivity contribution in [2.45, 2.75) is 75.9 Å². The zero-order valence-corrected chi connectivity index (χ0v) is 25.8. The average molecular weight is 610 g/mol. The van der Waals surface area contributed by atoms with Crippen LogP contribution >= 0.6 is 0 Å². The van der Waals surface area contributed by atoms with Gasteiger partial charge in [-0.25, -0.2) is 12.8 Å². The lowest BCUT2D eigenvalue weighted by atomic mass is 9.95. The molecule has 230 valence electrons. The highest BCUT2D eigenvalue weighted by molar-refractivity contribution is 7.92. The van der Waals surface area contributed by atoms with Crippen LogP contribution in [0.1, 0.15) is 56.6 Å². The average Bonchev–Trinajstić information content (AvgIpc) is 3.01. The van der Waals surface area contributed by atoms with E-state index in [9.17, 15) is 22.4 Å². The summed E-state index contributed by atoms with van der Waals surface area (Å²) in [5, 5.41) is 3.12. The zero-order chi connectivity index (χ0) is 31.0. The third-order valence-electron chi connectivity index (χ3n) is 7.85. The lowest BCUT2D eigenvalue weighted by molar-refractivity contribution is -0.140. The maximum absolute atomic E-state index is 14.2. The molecule has 43 heavy (non-hydrogen) atoms. The van der Waals surface area contributed by atoms with Crippen LogP contribution in [0.2, 0.25) is 0 Å². The first-order chi connectivity index (χ1) is 20.6. The molecule has 0 spiro atoms. The second kappa shape index (κ2) is 14.5. The molecule has 3 aromatic rings. The van der Waals surface area contributed by atoms with Crippen LogP contribution in [0, 0.1) is 12.7 Å². The molecule has 0 aromatic heterocycles. The summed E-state index contributed by atoms with van der Waals surface area (Å²) in [5.41, 5.74) is 1.87. The number of hydrogen-bond acceptors (Lipinski definition) is 5. The number of hydrogen-bond donors (Lipinski definition) is 1. The van der Waals surface area contributed by atoms with E-state index in [2.05, 4.69) is 5.32 Å². The number of aryl methyl sites for hydroxylation is 1. The predicted octanol–water partition coefficient (Wildman–Crippen LogP) is 5.59. The van der Waals surface area contributed by atoms with Crippen molar-refractivity contribution in [2.75, 3.05) is 18.0 Å². The van der Waals surface area contributed by atoms with Crippen LogP contribution in [0.4, 0.5) is 10.1 Å². The molecular weight excluding hydrogens is 569 g/mol. The number of benzene rings is 3. The van der Waals surface area contributed by atoms with E-state index < -0.39 is 34.3 Å². The summed E-state index contributed by atoms with van der Waals surface area (Å²) in [6.07, 6.45) is 5.30. The number of sulfonamides is 1. The molecule has 0 saturated heterocycles. The lowest BCUT2D eigenvalue weighted by Gasteiger charge is -2.34. The van der Waals surface area contributed by atoms with E-state index in [1.54, 1.807) is 48.5 Å². The molecular formula is C33H40FN3O5S. The molecule has 0 aliphatic heterocycles. The van der Waals surface area contributed by atoms with Crippen molar-refractivity contribution < 1.29 is 27.1 Å². The molecule has 3 aromatic carbocycles. The Bertz CT molecular complexity index is 1470. The van der Waals surface area contributed by atoms with Gasteiger partial charge in [0.25, 0.3) is 10.0 Å². The van der Waals surface area contributed by atoms with Crippen LogP contribution in [-0.2, 0) is 26.2 Å². The van der Waals surface area contributed by atoms with Crippen molar-refractivity contribution in [3.8, 4) is 5.75 Å². The number of ether oxygens (including phenoxy) is 1. The number of anilines is 1. The number of nitrogens with one attached hydrogen (secondary N) is 1. The summed E-state index contributed by atoms with van der Waals surface area (Å²) in [6, 6.07) is 17.7. The van der Waals surface area contributed by atoms with Crippen LogP contribution in [0.25, 0.3) is 0 Å². The molecule has 0 unspecified atom stereocenters. The van der Waals surface area contributed by atoms with Gasteiger partial charge in [0.2, 0.25) is 11.8 Å². The first kappa shape index (κ1) is 32.0. The van der Waals surface area contributed by atoms with E-state index >= 15 is 0 Å². The Morgan fingerprint density at radius 3 is 2.16 bits per heavy atom. The van der Waals surface area contributed by atoms with Gasteiger partial charge in [-0.3, -0.25) is 13.9 Å². The Labute approximate surface area is 253 Å². The number of methoxy groups -OCH3 is 1. The van der Waals surface area contributed by atoms with Gasteiger partial charge in [-0.1, -0.05) is 56.0 Å². The summed E-state index contributed by atoms with van der Waals surface area (Å²) in [5.74, 6) is -0.741. The minimum Gasteiger partial charge on any atom is -0.497 e. The molecule has 10 heteroatoms. The highest BCUT2D eigenvalue weighted by Crippen LogP contribution is 2.27. The monoisotopic (exact) mass is 609 g/mol. The fourth-order valence-electron chi connectivity index (χ4n) is 5.36. The highest BCUT2D eigenvalue weighted by Gasteiger charge is 2.34. The molecule has 1 fully saturated rings. The van der Waals surface area contributed by atoms with Gasteiger partial charge in [-0.2, -0.15) is 0 Å². The molecule has 0 bridgehead atoms. The quantitative estimate of drug-likeness (QED) is 0.289. The van der Waals surface area contributed by atoms with E-state index in [1.807, 2.05) is 13.8 Å².